The number of rotatable bonds is 3. The van der Waals surface area contributed by atoms with Crippen LogP contribution >= 0.6 is 11.6 Å². The highest BCUT2D eigenvalue weighted by atomic mass is 35.5. The van der Waals surface area contributed by atoms with Gasteiger partial charge in [0, 0.05) is 5.69 Å². The molecule has 0 radical (unpaired) electrons. The van der Waals surface area contributed by atoms with E-state index < -0.39 is 0 Å². The van der Waals surface area contributed by atoms with E-state index in [0.717, 1.165) is 5.56 Å². The van der Waals surface area contributed by atoms with Gasteiger partial charge < -0.3 is 11.1 Å². The van der Waals surface area contributed by atoms with Gasteiger partial charge >= 0.3 is 0 Å². The van der Waals surface area contributed by atoms with Crippen molar-refractivity contribution in [3.63, 3.8) is 0 Å². The van der Waals surface area contributed by atoms with Gasteiger partial charge in [0.05, 0.1) is 28.3 Å². The summed E-state index contributed by atoms with van der Waals surface area (Å²) in [4.78, 5) is 12.3. The fourth-order valence-corrected chi connectivity index (χ4v) is 2.08. The van der Waals surface area contributed by atoms with Crippen LogP contribution in [0, 0.1) is 11.3 Å². The minimum atomic E-state index is -0.379. The molecule has 0 aliphatic rings. The van der Waals surface area contributed by atoms with Gasteiger partial charge in [0.25, 0.3) is 0 Å². The Morgan fingerprint density at radius 2 is 2.10 bits per heavy atom. The molecule has 0 heterocycles. The summed E-state index contributed by atoms with van der Waals surface area (Å²) in [6.45, 7) is 1.78. The predicted octanol–water partition coefficient (Wildman–Crippen LogP) is 3.54. The lowest BCUT2D eigenvalue weighted by Gasteiger charge is -2.14. The van der Waals surface area contributed by atoms with E-state index in [4.69, 9.17) is 22.6 Å². The molecule has 106 valence electrons. The fourth-order valence-electron chi connectivity index (χ4n) is 1.91. The molecule has 0 fully saturated rings. The monoisotopic (exact) mass is 299 g/mol. The number of nitrogen functional groups attached to an aromatic ring is 1. The van der Waals surface area contributed by atoms with Crippen LogP contribution in [0.25, 0.3) is 0 Å². The Labute approximate surface area is 128 Å². The lowest BCUT2D eigenvalue weighted by Crippen LogP contribution is -2.19. The van der Waals surface area contributed by atoms with Crippen LogP contribution in [-0.4, -0.2) is 5.91 Å². The summed E-state index contributed by atoms with van der Waals surface area (Å²) in [6.07, 6.45) is 0. The SMILES string of the molecule is CC(C(=O)Nc1cc(C#N)ccc1Cl)c1cccc(N)c1. The lowest BCUT2D eigenvalue weighted by molar-refractivity contribution is -0.117. The Balaban J connectivity index is 2.20. The Hall–Kier alpha value is -2.51. The number of hydrogen-bond donors (Lipinski definition) is 2. The molecule has 0 bridgehead atoms. The summed E-state index contributed by atoms with van der Waals surface area (Å²) in [7, 11) is 0. The quantitative estimate of drug-likeness (QED) is 0.851. The van der Waals surface area contributed by atoms with E-state index >= 15 is 0 Å². The van der Waals surface area contributed by atoms with Crippen LogP contribution in [-0.2, 0) is 4.79 Å². The maximum absolute atomic E-state index is 12.3. The average molecular weight is 300 g/mol. The second kappa shape index (κ2) is 6.29. The minimum absolute atomic E-state index is 0.211. The molecule has 2 aromatic carbocycles. The number of nitrogens with zero attached hydrogens (tertiary/aromatic N) is 1. The highest BCUT2D eigenvalue weighted by Gasteiger charge is 2.16. The highest BCUT2D eigenvalue weighted by molar-refractivity contribution is 6.33. The third kappa shape index (κ3) is 3.53. The average Bonchev–Trinajstić information content (AvgIpc) is 2.48. The van der Waals surface area contributed by atoms with Gasteiger partial charge in [-0.15, -0.1) is 0 Å². The maximum atomic E-state index is 12.3. The Morgan fingerprint density at radius 3 is 2.76 bits per heavy atom. The first-order chi connectivity index (χ1) is 10.0. The number of carbonyl (C=O) groups excluding carboxylic acids is 1. The molecule has 21 heavy (non-hydrogen) atoms. The highest BCUT2D eigenvalue weighted by Crippen LogP contribution is 2.25. The van der Waals surface area contributed by atoms with Crippen molar-refractivity contribution in [2.45, 2.75) is 12.8 Å². The molecule has 1 atom stereocenters. The molecule has 0 aromatic heterocycles. The number of benzene rings is 2. The van der Waals surface area contributed by atoms with Crippen LogP contribution in [0.2, 0.25) is 5.02 Å². The van der Waals surface area contributed by atoms with Gasteiger partial charge in [-0.25, -0.2) is 0 Å². The number of carbonyl (C=O) groups is 1. The number of amides is 1. The van der Waals surface area contributed by atoms with Crippen LogP contribution in [0.4, 0.5) is 11.4 Å². The van der Waals surface area contributed by atoms with Crippen molar-refractivity contribution in [1.82, 2.24) is 0 Å². The first-order valence-electron chi connectivity index (χ1n) is 6.37. The van der Waals surface area contributed by atoms with Crippen LogP contribution in [0.15, 0.2) is 42.5 Å². The number of nitrogens with one attached hydrogen (secondary N) is 1. The van der Waals surface area contributed by atoms with E-state index in [1.807, 2.05) is 12.1 Å². The summed E-state index contributed by atoms with van der Waals surface area (Å²) in [6, 6.07) is 13.9. The number of hydrogen-bond acceptors (Lipinski definition) is 3. The van der Waals surface area contributed by atoms with E-state index in [1.54, 1.807) is 43.3 Å². The maximum Gasteiger partial charge on any atom is 0.231 e. The molecule has 1 unspecified atom stereocenters. The van der Waals surface area contributed by atoms with Gasteiger partial charge in [-0.3, -0.25) is 4.79 Å². The molecule has 0 aliphatic carbocycles. The molecule has 3 N–H and O–H groups in total. The van der Waals surface area contributed by atoms with Crippen LogP contribution in [0.1, 0.15) is 24.0 Å². The van der Waals surface area contributed by atoms with Gasteiger partial charge in [-0.1, -0.05) is 23.7 Å². The molecule has 2 aromatic rings. The zero-order chi connectivity index (χ0) is 15.4. The number of anilines is 2. The minimum Gasteiger partial charge on any atom is -0.399 e. The molecule has 0 saturated heterocycles. The Bertz CT molecular complexity index is 722. The molecule has 0 saturated carbocycles. The molecule has 1 amide bonds. The molecule has 0 aliphatic heterocycles. The predicted molar refractivity (Wildman–Crippen MR) is 84.1 cm³/mol. The normalized spacial score (nSPS) is 11.5. The molecule has 4 nitrogen and oxygen atoms in total. The second-order valence-electron chi connectivity index (χ2n) is 4.69. The standard InChI is InChI=1S/C16H14ClN3O/c1-10(12-3-2-4-13(19)8-12)16(21)20-15-7-11(9-18)5-6-14(15)17/h2-8,10H,19H2,1H3,(H,20,21). The lowest BCUT2D eigenvalue weighted by atomic mass is 9.99. The van der Waals surface area contributed by atoms with Crippen molar-refractivity contribution >= 4 is 28.9 Å². The van der Waals surface area contributed by atoms with Crippen LogP contribution in [0.5, 0.6) is 0 Å². The second-order valence-corrected chi connectivity index (χ2v) is 5.09. The Kier molecular flexibility index (Phi) is 4.46. The van der Waals surface area contributed by atoms with Crippen molar-refractivity contribution in [3.8, 4) is 6.07 Å². The van der Waals surface area contributed by atoms with Gasteiger partial charge in [-0.05, 0) is 42.8 Å². The summed E-state index contributed by atoms with van der Waals surface area (Å²) < 4.78 is 0. The topological polar surface area (TPSA) is 78.9 Å². The number of halogens is 1. The van der Waals surface area contributed by atoms with E-state index in [9.17, 15) is 4.79 Å². The summed E-state index contributed by atoms with van der Waals surface area (Å²) >= 11 is 6.03. The number of nitriles is 1. The van der Waals surface area contributed by atoms with Crippen molar-refractivity contribution in [1.29, 1.82) is 5.26 Å². The third-order valence-electron chi connectivity index (χ3n) is 3.16. The van der Waals surface area contributed by atoms with E-state index in [0.29, 0.717) is 22.0 Å². The molecule has 5 heteroatoms. The molecule has 2 rings (SSSR count). The number of nitrogens with two attached hydrogens (primary N) is 1. The third-order valence-corrected chi connectivity index (χ3v) is 3.49. The first-order valence-corrected chi connectivity index (χ1v) is 6.75. The van der Waals surface area contributed by atoms with Crippen molar-refractivity contribution < 1.29 is 4.79 Å². The van der Waals surface area contributed by atoms with Crippen LogP contribution in [0.3, 0.4) is 0 Å². The van der Waals surface area contributed by atoms with E-state index in [2.05, 4.69) is 5.32 Å². The summed E-state index contributed by atoms with van der Waals surface area (Å²) in [5.41, 5.74) is 8.01. The Morgan fingerprint density at radius 1 is 1.33 bits per heavy atom. The largest absolute Gasteiger partial charge is 0.399 e. The fraction of sp³-hybridized carbons (Fsp3) is 0.125. The van der Waals surface area contributed by atoms with Crippen molar-refractivity contribution in [2.24, 2.45) is 0 Å². The zero-order valence-electron chi connectivity index (χ0n) is 11.4. The molecule has 0 spiro atoms. The van der Waals surface area contributed by atoms with E-state index in [-0.39, 0.29) is 11.8 Å². The first kappa shape index (κ1) is 14.9. The summed E-state index contributed by atoms with van der Waals surface area (Å²) in [5.74, 6) is -0.590. The zero-order valence-corrected chi connectivity index (χ0v) is 12.2. The van der Waals surface area contributed by atoms with E-state index in [1.165, 1.54) is 0 Å². The van der Waals surface area contributed by atoms with Crippen molar-refractivity contribution in [2.75, 3.05) is 11.1 Å². The smallest absolute Gasteiger partial charge is 0.231 e. The van der Waals surface area contributed by atoms with Crippen LogP contribution < -0.4 is 11.1 Å². The summed E-state index contributed by atoms with van der Waals surface area (Å²) in [5, 5.41) is 12.0. The molecular formula is C16H14ClN3O. The van der Waals surface area contributed by atoms with Gasteiger partial charge in [-0.2, -0.15) is 5.26 Å². The van der Waals surface area contributed by atoms with Crippen molar-refractivity contribution in [3.05, 3.63) is 58.6 Å². The van der Waals surface area contributed by atoms with Gasteiger partial charge in [0.1, 0.15) is 0 Å². The van der Waals surface area contributed by atoms with Gasteiger partial charge in [0.2, 0.25) is 5.91 Å². The van der Waals surface area contributed by atoms with Gasteiger partial charge in [0.15, 0.2) is 0 Å². The molecular weight excluding hydrogens is 286 g/mol.